The van der Waals surface area contributed by atoms with Gasteiger partial charge in [-0.3, -0.25) is 0 Å². The second kappa shape index (κ2) is 5.78. The van der Waals surface area contributed by atoms with Crippen LogP contribution >= 0.6 is 0 Å². The molecule has 15 heavy (non-hydrogen) atoms. The van der Waals surface area contributed by atoms with E-state index < -0.39 is 11.6 Å². The second-order valence-electron chi connectivity index (χ2n) is 3.17. The molecule has 0 aromatic heterocycles. The fourth-order valence-electron chi connectivity index (χ4n) is 1.35. The van der Waals surface area contributed by atoms with E-state index in [4.69, 9.17) is 4.74 Å². The Labute approximate surface area is 88.3 Å². The van der Waals surface area contributed by atoms with Crippen molar-refractivity contribution in [1.29, 1.82) is 0 Å². The van der Waals surface area contributed by atoms with Crippen molar-refractivity contribution >= 4 is 0 Å². The van der Waals surface area contributed by atoms with E-state index in [1.807, 2.05) is 6.92 Å². The summed E-state index contributed by atoms with van der Waals surface area (Å²) in [6.07, 6.45) is 0. The Morgan fingerprint density at radius 2 is 2.13 bits per heavy atom. The lowest BCUT2D eigenvalue weighted by molar-refractivity contribution is 0.124. The van der Waals surface area contributed by atoms with Crippen molar-refractivity contribution in [2.75, 3.05) is 20.3 Å². The first kappa shape index (κ1) is 12.1. The van der Waals surface area contributed by atoms with Crippen molar-refractivity contribution in [1.82, 2.24) is 5.32 Å². The molecule has 0 bridgehead atoms. The first-order chi connectivity index (χ1) is 7.19. The summed E-state index contributed by atoms with van der Waals surface area (Å²) in [6.45, 7) is 2.73. The van der Waals surface area contributed by atoms with Gasteiger partial charge in [-0.25, -0.2) is 8.78 Å². The third-order valence-electron chi connectivity index (χ3n) is 2.17. The lowest BCUT2D eigenvalue weighted by Crippen LogP contribution is -2.23. The molecule has 0 saturated heterocycles. The van der Waals surface area contributed by atoms with Crippen LogP contribution in [-0.4, -0.2) is 20.3 Å². The normalized spacial score (nSPS) is 12.8. The summed E-state index contributed by atoms with van der Waals surface area (Å²) in [4.78, 5) is 0. The first-order valence-corrected chi connectivity index (χ1v) is 4.89. The predicted octanol–water partition coefficient (Wildman–Crippen LogP) is 2.26. The van der Waals surface area contributed by atoms with Crippen molar-refractivity contribution in [3.8, 4) is 0 Å². The van der Waals surface area contributed by atoms with Gasteiger partial charge in [-0.15, -0.1) is 0 Å². The Balaban J connectivity index is 2.85. The standard InChI is InChI=1S/C11H15F2NO/c1-3-15-7-11(14-2)9-6-8(12)4-5-10(9)13/h4-6,11,14H,3,7H2,1-2H3. The second-order valence-corrected chi connectivity index (χ2v) is 3.17. The van der Waals surface area contributed by atoms with Gasteiger partial charge < -0.3 is 10.1 Å². The molecule has 1 aromatic carbocycles. The molecule has 0 aliphatic carbocycles. The lowest BCUT2D eigenvalue weighted by atomic mass is 10.1. The molecule has 0 fully saturated rings. The van der Waals surface area contributed by atoms with Crippen molar-refractivity contribution in [3.63, 3.8) is 0 Å². The molecule has 84 valence electrons. The summed E-state index contributed by atoms with van der Waals surface area (Å²) in [5, 5.41) is 2.89. The Kier molecular flexibility index (Phi) is 4.65. The Morgan fingerprint density at radius 3 is 2.73 bits per heavy atom. The molecule has 0 heterocycles. The maximum absolute atomic E-state index is 13.4. The van der Waals surface area contributed by atoms with Crippen LogP contribution in [0.2, 0.25) is 0 Å². The van der Waals surface area contributed by atoms with Gasteiger partial charge >= 0.3 is 0 Å². The minimum absolute atomic E-state index is 0.297. The van der Waals surface area contributed by atoms with E-state index in [2.05, 4.69) is 5.32 Å². The summed E-state index contributed by atoms with van der Waals surface area (Å²) in [5.74, 6) is -0.862. The minimum atomic E-state index is -0.442. The number of halogens is 2. The van der Waals surface area contributed by atoms with Crippen LogP contribution in [0.1, 0.15) is 18.5 Å². The highest BCUT2D eigenvalue weighted by Gasteiger charge is 2.14. The first-order valence-electron chi connectivity index (χ1n) is 4.89. The van der Waals surface area contributed by atoms with Crippen molar-refractivity contribution in [3.05, 3.63) is 35.4 Å². The maximum atomic E-state index is 13.4. The third kappa shape index (κ3) is 3.25. The number of rotatable bonds is 5. The van der Waals surface area contributed by atoms with Crippen LogP contribution in [-0.2, 0) is 4.74 Å². The number of hydrogen-bond acceptors (Lipinski definition) is 2. The molecule has 0 aliphatic heterocycles. The van der Waals surface area contributed by atoms with Crippen LogP contribution in [0.3, 0.4) is 0 Å². The molecule has 1 unspecified atom stereocenters. The van der Waals surface area contributed by atoms with Crippen LogP contribution in [0.25, 0.3) is 0 Å². The Bertz CT molecular complexity index is 317. The molecule has 0 amide bonds. The summed E-state index contributed by atoms with van der Waals surface area (Å²) >= 11 is 0. The van der Waals surface area contributed by atoms with Crippen LogP contribution in [0.15, 0.2) is 18.2 Å². The van der Waals surface area contributed by atoms with Crippen molar-refractivity contribution < 1.29 is 13.5 Å². The highest BCUT2D eigenvalue weighted by atomic mass is 19.1. The van der Waals surface area contributed by atoms with Gasteiger partial charge in [0.2, 0.25) is 0 Å². The highest BCUT2D eigenvalue weighted by Crippen LogP contribution is 2.18. The zero-order chi connectivity index (χ0) is 11.3. The van der Waals surface area contributed by atoms with Gasteiger partial charge in [-0.1, -0.05) is 0 Å². The molecular weight excluding hydrogens is 200 g/mol. The number of benzene rings is 1. The van der Waals surface area contributed by atoms with E-state index in [9.17, 15) is 8.78 Å². The number of likely N-dealkylation sites (N-methyl/N-ethyl adjacent to an activating group) is 1. The van der Waals surface area contributed by atoms with E-state index in [0.717, 1.165) is 12.1 Å². The van der Waals surface area contributed by atoms with Gasteiger partial charge in [0, 0.05) is 12.2 Å². The van der Waals surface area contributed by atoms with E-state index in [1.54, 1.807) is 7.05 Å². The molecule has 1 rings (SSSR count). The van der Waals surface area contributed by atoms with Gasteiger partial charge in [0.1, 0.15) is 11.6 Å². The van der Waals surface area contributed by atoms with Crippen LogP contribution in [0, 0.1) is 11.6 Å². The molecule has 2 nitrogen and oxygen atoms in total. The molecule has 1 N–H and O–H groups in total. The van der Waals surface area contributed by atoms with Crippen molar-refractivity contribution in [2.24, 2.45) is 0 Å². The van der Waals surface area contributed by atoms with E-state index in [-0.39, 0.29) is 6.04 Å². The Morgan fingerprint density at radius 1 is 1.40 bits per heavy atom. The molecule has 0 saturated carbocycles. The smallest absolute Gasteiger partial charge is 0.128 e. The molecule has 4 heteroatoms. The molecule has 0 aliphatic rings. The van der Waals surface area contributed by atoms with Gasteiger partial charge in [0.05, 0.1) is 12.6 Å². The van der Waals surface area contributed by atoms with Crippen molar-refractivity contribution in [2.45, 2.75) is 13.0 Å². The summed E-state index contributed by atoms with van der Waals surface area (Å²) in [6, 6.07) is 3.10. The Hall–Kier alpha value is -1.00. The number of ether oxygens (including phenoxy) is 1. The fraction of sp³-hybridized carbons (Fsp3) is 0.455. The van der Waals surface area contributed by atoms with E-state index in [0.29, 0.717) is 18.8 Å². The quantitative estimate of drug-likeness (QED) is 0.813. The van der Waals surface area contributed by atoms with Crippen LogP contribution < -0.4 is 5.32 Å². The molecule has 1 aromatic rings. The SMILES string of the molecule is CCOCC(NC)c1cc(F)ccc1F. The van der Waals surface area contributed by atoms with Gasteiger partial charge in [0.15, 0.2) is 0 Å². The summed E-state index contributed by atoms with van der Waals surface area (Å²) in [7, 11) is 1.69. The number of hydrogen-bond donors (Lipinski definition) is 1. The zero-order valence-electron chi connectivity index (χ0n) is 8.89. The average Bonchev–Trinajstić information content (AvgIpc) is 2.24. The van der Waals surface area contributed by atoms with Gasteiger partial charge in [-0.2, -0.15) is 0 Å². The average molecular weight is 215 g/mol. The van der Waals surface area contributed by atoms with Gasteiger partial charge in [-0.05, 0) is 32.2 Å². The zero-order valence-corrected chi connectivity index (χ0v) is 8.89. The highest BCUT2D eigenvalue weighted by molar-refractivity contribution is 5.22. The minimum Gasteiger partial charge on any atom is -0.380 e. The third-order valence-corrected chi connectivity index (χ3v) is 2.17. The molecule has 0 radical (unpaired) electrons. The molecule has 1 atom stereocenters. The fourth-order valence-corrected chi connectivity index (χ4v) is 1.35. The number of nitrogens with one attached hydrogen (secondary N) is 1. The predicted molar refractivity (Wildman–Crippen MR) is 54.7 cm³/mol. The molecular formula is C11H15F2NO. The van der Waals surface area contributed by atoms with Crippen LogP contribution in [0.4, 0.5) is 8.78 Å². The monoisotopic (exact) mass is 215 g/mol. The van der Waals surface area contributed by atoms with Crippen LogP contribution in [0.5, 0.6) is 0 Å². The topological polar surface area (TPSA) is 21.3 Å². The molecule has 0 spiro atoms. The summed E-state index contributed by atoms with van der Waals surface area (Å²) in [5.41, 5.74) is 0.297. The maximum Gasteiger partial charge on any atom is 0.128 e. The summed E-state index contributed by atoms with van der Waals surface area (Å²) < 4.78 is 31.5. The van der Waals surface area contributed by atoms with E-state index >= 15 is 0 Å². The van der Waals surface area contributed by atoms with Gasteiger partial charge in [0.25, 0.3) is 0 Å². The largest absolute Gasteiger partial charge is 0.380 e. The van der Waals surface area contributed by atoms with E-state index in [1.165, 1.54) is 6.07 Å². The lowest BCUT2D eigenvalue weighted by Gasteiger charge is -2.17.